The second-order valence-corrected chi connectivity index (χ2v) is 4.98. The van der Waals surface area contributed by atoms with Crippen LogP contribution < -0.4 is 18.9 Å². The molecule has 0 aliphatic carbocycles. The Balaban J connectivity index is 2.28. The third kappa shape index (κ3) is 4.10. The molecule has 0 saturated carbocycles. The molecule has 0 aliphatic heterocycles. The topological polar surface area (TPSA) is 74.2 Å². The number of carboxylic acids is 1. The summed E-state index contributed by atoms with van der Waals surface area (Å²) in [6.07, 6.45) is -0.976. The lowest BCUT2D eigenvalue weighted by Crippen LogP contribution is -2.29. The maximum Gasteiger partial charge on any atom is 0.345 e. The van der Waals surface area contributed by atoms with Gasteiger partial charge in [-0.05, 0) is 30.3 Å². The average molecular weight is 332 g/mol. The zero-order valence-corrected chi connectivity index (χ0v) is 13.8. The van der Waals surface area contributed by atoms with Gasteiger partial charge in [-0.25, -0.2) is 4.79 Å². The highest BCUT2D eigenvalue weighted by Gasteiger charge is 2.23. The van der Waals surface area contributed by atoms with Crippen molar-refractivity contribution in [1.82, 2.24) is 0 Å². The Morgan fingerprint density at radius 3 is 2.21 bits per heavy atom. The Kier molecular flexibility index (Phi) is 5.89. The second kappa shape index (κ2) is 8.10. The minimum Gasteiger partial charge on any atom is -0.497 e. The first kappa shape index (κ1) is 17.5. The first-order valence-corrected chi connectivity index (χ1v) is 7.32. The number of para-hydroxylation sites is 2. The van der Waals surface area contributed by atoms with Crippen molar-refractivity contribution in [3.05, 3.63) is 48.0 Å². The summed E-state index contributed by atoms with van der Waals surface area (Å²) in [5.41, 5.74) is 0.680. The van der Waals surface area contributed by atoms with Crippen LogP contribution in [0.5, 0.6) is 23.0 Å². The number of rotatable bonds is 8. The average Bonchev–Trinajstić information content (AvgIpc) is 2.61. The molecular formula is C18H20O6. The van der Waals surface area contributed by atoms with Gasteiger partial charge < -0.3 is 24.1 Å². The van der Waals surface area contributed by atoms with Crippen LogP contribution >= 0.6 is 0 Å². The number of aliphatic carboxylic acids is 1. The van der Waals surface area contributed by atoms with Crippen LogP contribution in [0.1, 0.15) is 5.56 Å². The van der Waals surface area contributed by atoms with E-state index in [1.807, 2.05) is 0 Å². The van der Waals surface area contributed by atoms with Crippen molar-refractivity contribution in [2.24, 2.45) is 0 Å². The predicted molar refractivity (Wildman–Crippen MR) is 88.3 cm³/mol. The van der Waals surface area contributed by atoms with Crippen LogP contribution in [-0.2, 0) is 11.2 Å². The predicted octanol–water partition coefficient (Wildman–Crippen LogP) is 2.79. The molecule has 128 valence electrons. The first-order chi connectivity index (χ1) is 11.6. The van der Waals surface area contributed by atoms with Crippen LogP contribution in [0.2, 0.25) is 0 Å². The SMILES string of the molecule is COc1ccc(OC)c(C[C@@H](Oc2ccccc2OC)C(=O)O)c1. The Bertz CT molecular complexity index is 698. The zero-order chi connectivity index (χ0) is 17.5. The fourth-order valence-electron chi connectivity index (χ4n) is 2.29. The van der Waals surface area contributed by atoms with Gasteiger partial charge in [-0.2, -0.15) is 0 Å². The van der Waals surface area contributed by atoms with E-state index in [0.29, 0.717) is 28.6 Å². The molecule has 24 heavy (non-hydrogen) atoms. The Hall–Kier alpha value is -2.89. The lowest BCUT2D eigenvalue weighted by atomic mass is 10.1. The van der Waals surface area contributed by atoms with E-state index in [1.165, 1.54) is 14.2 Å². The van der Waals surface area contributed by atoms with Gasteiger partial charge in [0.25, 0.3) is 0 Å². The van der Waals surface area contributed by atoms with Gasteiger partial charge in [0, 0.05) is 12.0 Å². The van der Waals surface area contributed by atoms with Gasteiger partial charge in [-0.3, -0.25) is 0 Å². The van der Waals surface area contributed by atoms with E-state index in [2.05, 4.69) is 0 Å². The summed E-state index contributed by atoms with van der Waals surface area (Å²) in [5.74, 6) is 0.958. The summed E-state index contributed by atoms with van der Waals surface area (Å²) in [4.78, 5) is 11.6. The molecule has 2 rings (SSSR count). The molecule has 1 N–H and O–H groups in total. The quantitative estimate of drug-likeness (QED) is 0.801. The Labute approximate surface area is 140 Å². The van der Waals surface area contributed by atoms with Crippen LogP contribution in [-0.4, -0.2) is 38.5 Å². The summed E-state index contributed by atoms with van der Waals surface area (Å²) < 4.78 is 21.3. The Morgan fingerprint density at radius 1 is 0.958 bits per heavy atom. The summed E-state index contributed by atoms with van der Waals surface area (Å²) >= 11 is 0. The van der Waals surface area contributed by atoms with Crippen LogP contribution in [0.25, 0.3) is 0 Å². The summed E-state index contributed by atoms with van der Waals surface area (Å²) in [6, 6.07) is 12.1. The number of methoxy groups -OCH3 is 3. The van der Waals surface area contributed by atoms with Gasteiger partial charge in [-0.15, -0.1) is 0 Å². The minimum atomic E-state index is -1.10. The van der Waals surface area contributed by atoms with E-state index in [-0.39, 0.29) is 6.42 Å². The van der Waals surface area contributed by atoms with Crippen LogP contribution in [0, 0.1) is 0 Å². The molecule has 1 atom stereocenters. The third-order valence-corrected chi connectivity index (χ3v) is 3.51. The van der Waals surface area contributed by atoms with Crippen molar-refractivity contribution in [2.75, 3.05) is 21.3 Å². The maximum absolute atomic E-state index is 11.6. The number of ether oxygens (including phenoxy) is 4. The molecule has 0 amide bonds. The number of hydrogen-bond acceptors (Lipinski definition) is 5. The van der Waals surface area contributed by atoms with E-state index in [0.717, 1.165) is 0 Å². The van der Waals surface area contributed by atoms with Gasteiger partial charge in [-0.1, -0.05) is 12.1 Å². The lowest BCUT2D eigenvalue weighted by molar-refractivity contribution is -0.145. The van der Waals surface area contributed by atoms with Gasteiger partial charge in [0.1, 0.15) is 11.5 Å². The fourth-order valence-corrected chi connectivity index (χ4v) is 2.29. The van der Waals surface area contributed by atoms with Crippen molar-refractivity contribution in [3.63, 3.8) is 0 Å². The molecule has 0 aliphatic rings. The van der Waals surface area contributed by atoms with Gasteiger partial charge in [0.05, 0.1) is 21.3 Å². The van der Waals surface area contributed by atoms with Crippen LogP contribution in [0.4, 0.5) is 0 Å². The number of carbonyl (C=O) groups is 1. The largest absolute Gasteiger partial charge is 0.497 e. The van der Waals surface area contributed by atoms with E-state index in [9.17, 15) is 9.90 Å². The molecule has 6 heteroatoms. The molecule has 2 aromatic rings. The normalized spacial score (nSPS) is 11.5. The van der Waals surface area contributed by atoms with E-state index >= 15 is 0 Å². The van der Waals surface area contributed by atoms with Crippen molar-refractivity contribution in [1.29, 1.82) is 0 Å². The second-order valence-electron chi connectivity index (χ2n) is 4.98. The van der Waals surface area contributed by atoms with Crippen molar-refractivity contribution < 1.29 is 28.8 Å². The zero-order valence-electron chi connectivity index (χ0n) is 13.8. The summed E-state index contributed by atoms with van der Waals surface area (Å²) in [6.45, 7) is 0. The number of benzene rings is 2. The smallest absolute Gasteiger partial charge is 0.345 e. The molecule has 0 saturated heterocycles. The molecule has 0 spiro atoms. The van der Waals surface area contributed by atoms with Gasteiger partial charge in [0.2, 0.25) is 0 Å². The first-order valence-electron chi connectivity index (χ1n) is 7.32. The highest BCUT2D eigenvalue weighted by atomic mass is 16.5. The van der Waals surface area contributed by atoms with Gasteiger partial charge >= 0.3 is 5.97 Å². The van der Waals surface area contributed by atoms with E-state index in [4.69, 9.17) is 18.9 Å². The Morgan fingerprint density at radius 2 is 1.62 bits per heavy atom. The molecular weight excluding hydrogens is 312 g/mol. The standard InChI is InChI=1S/C18H20O6/c1-21-13-8-9-14(22-2)12(10-13)11-17(18(19)20)24-16-7-5-4-6-15(16)23-3/h4-10,17H,11H2,1-3H3,(H,19,20)/t17-/m1/s1. The van der Waals surface area contributed by atoms with Gasteiger partial charge in [0.15, 0.2) is 17.6 Å². The number of hydrogen-bond donors (Lipinski definition) is 1. The monoisotopic (exact) mass is 332 g/mol. The van der Waals surface area contributed by atoms with Crippen molar-refractivity contribution in [2.45, 2.75) is 12.5 Å². The highest BCUT2D eigenvalue weighted by molar-refractivity contribution is 5.73. The number of carboxylic acid groups (broad SMARTS) is 1. The molecule has 0 radical (unpaired) electrons. The van der Waals surface area contributed by atoms with Crippen molar-refractivity contribution in [3.8, 4) is 23.0 Å². The molecule has 0 bridgehead atoms. The third-order valence-electron chi connectivity index (χ3n) is 3.51. The molecule has 6 nitrogen and oxygen atoms in total. The molecule has 0 heterocycles. The molecule has 2 aromatic carbocycles. The lowest BCUT2D eigenvalue weighted by Gasteiger charge is -2.18. The van der Waals surface area contributed by atoms with E-state index in [1.54, 1.807) is 49.6 Å². The van der Waals surface area contributed by atoms with Crippen LogP contribution in [0.3, 0.4) is 0 Å². The highest BCUT2D eigenvalue weighted by Crippen LogP contribution is 2.30. The van der Waals surface area contributed by atoms with Crippen molar-refractivity contribution >= 4 is 5.97 Å². The summed E-state index contributed by atoms with van der Waals surface area (Å²) in [5, 5.41) is 9.51. The molecule has 0 unspecified atom stereocenters. The minimum absolute atomic E-state index is 0.119. The van der Waals surface area contributed by atoms with E-state index < -0.39 is 12.1 Å². The van der Waals surface area contributed by atoms with Crippen LogP contribution in [0.15, 0.2) is 42.5 Å². The maximum atomic E-state index is 11.6. The summed E-state index contributed by atoms with van der Waals surface area (Å²) in [7, 11) is 4.58. The molecule has 0 fully saturated rings. The molecule has 0 aromatic heterocycles. The fraction of sp³-hybridized carbons (Fsp3) is 0.278.